The van der Waals surface area contributed by atoms with Crippen LogP contribution < -0.4 is 30.3 Å². The zero-order valence-electron chi connectivity index (χ0n) is 26.5. The first kappa shape index (κ1) is 31.6. The van der Waals surface area contributed by atoms with E-state index in [0.717, 1.165) is 16.7 Å². The number of benzene rings is 2. The third kappa shape index (κ3) is 6.37. The van der Waals surface area contributed by atoms with E-state index < -0.39 is 6.04 Å². The maximum Gasteiger partial charge on any atom is 0.224 e. The number of hydrogen-bond donors (Lipinski definition) is 2. The van der Waals surface area contributed by atoms with Gasteiger partial charge in [-0.05, 0) is 61.8 Å². The number of likely N-dealkylation sites (N-methyl/N-ethyl adjacent to an activating group) is 1. The van der Waals surface area contributed by atoms with E-state index >= 15 is 0 Å². The maximum atomic E-state index is 14.0. The van der Waals surface area contributed by atoms with E-state index in [-0.39, 0.29) is 29.2 Å². The molecule has 5 rings (SSSR count). The third-order valence-corrected chi connectivity index (χ3v) is 8.05. The SMILES string of the molecule is COc1cc2c(c(OC)c1OC)-c1cc3c(CC(=O)NCCN(C)C)c(-c4ccccc4)oc3c(=O)cc1C(NC(C)=O)CC2. The highest BCUT2D eigenvalue weighted by Gasteiger charge is 2.31. The van der Waals surface area contributed by atoms with Crippen LogP contribution in [-0.2, 0) is 22.4 Å². The van der Waals surface area contributed by atoms with E-state index in [1.165, 1.54) is 13.0 Å². The van der Waals surface area contributed by atoms with Gasteiger partial charge in [-0.2, -0.15) is 0 Å². The van der Waals surface area contributed by atoms with Gasteiger partial charge in [0.2, 0.25) is 23.0 Å². The highest BCUT2D eigenvalue weighted by Crippen LogP contribution is 2.51. The van der Waals surface area contributed by atoms with Crippen LogP contribution in [0.5, 0.6) is 17.2 Å². The molecule has 1 unspecified atom stereocenters. The number of amides is 2. The fourth-order valence-corrected chi connectivity index (χ4v) is 6.02. The van der Waals surface area contributed by atoms with Gasteiger partial charge in [0, 0.05) is 42.1 Å². The Balaban J connectivity index is 1.85. The molecule has 45 heavy (non-hydrogen) atoms. The normalized spacial score (nSPS) is 13.9. The van der Waals surface area contributed by atoms with Crippen molar-refractivity contribution >= 4 is 22.8 Å². The predicted octanol–water partition coefficient (Wildman–Crippen LogP) is 4.50. The Morgan fingerprint density at radius 1 is 1.00 bits per heavy atom. The summed E-state index contributed by atoms with van der Waals surface area (Å²) in [7, 11) is 8.54. The number of carbonyl (C=O) groups excluding carboxylic acids is 2. The highest BCUT2D eigenvalue weighted by atomic mass is 16.5. The number of nitrogens with one attached hydrogen (secondary N) is 2. The van der Waals surface area contributed by atoms with Crippen molar-refractivity contribution in [2.45, 2.75) is 32.2 Å². The van der Waals surface area contributed by atoms with E-state index in [1.807, 2.05) is 61.5 Å². The molecule has 0 saturated heterocycles. The van der Waals surface area contributed by atoms with Gasteiger partial charge in [-0.25, -0.2) is 0 Å². The lowest BCUT2D eigenvalue weighted by atomic mass is 9.94. The molecular formula is C35H39N3O7. The van der Waals surface area contributed by atoms with Crippen LogP contribution >= 0.6 is 0 Å². The predicted molar refractivity (Wildman–Crippen MR) is 173 cm³/mol. The molecule has 0 fully saturated rings. The summed E-state index contributed by atoms with van der Waals surface area (Å²) < 4.78 is 23.7. The zero-order chi connectivity index (χ0) is 32.2. The molecule has 2 N–H and O–H groups in total. The van der Waals surface area contributed by atoms with Crippen molar-refractivity contribution in [2.75, 3.05) is 48.5 Å². The number of hydrogen-bond acceptors (Lipinski definition) is 8. The molecule has 1 heterocycles. The first-order valence-electron chi connectivity index (χ1n) is 14.9. The van der Waals surface area contributed by atoms with Crippen LogP contribution in [0.2, 0.25) is 0 Å². The van der Waals surface area contributed by atoms with Crippen molar-refractivity contribution in [3.63, 3.8) is 0 Å². The summed E-state index contributed by atoms with van der Waals surface area (Å²) in [6, 6.07) is 14.3. The molecule has 0 bridgehead atoms. The molecule has 10 heteroatoms. The van der Waals surface area contributed by atoms with Crippen molar-refractivity contribution in [1.29, 1.82) is 0 Å². The second-order valence-corrected chi connectivity index (χ2v) is 11.3. The Kier molecular flexibility index (Phi) is 9.43. The summed E-state index contributed by atoms with van der Waals surface area (Å²) in [6.07, 6.45) is 1.09. The van der Waals surface area contributed by atoms with Gasteiger partial charge in [-0.3, -0.25) is 14.4 Å². The minimum Gasteiger partial charge on any atom is -0.493 e. The molecule has 4 aromatic rings. The van der Waals surface area contributed by atoms with Gasteiger partial charge < -0.3 is 34.2 Å². The van der Waals surface area contributed by atoms with Crippen LogP contribution in [0.15, 0.2) is 57.7 Å². The standard InChI is InChI=1S/C35H39N3O7/c1-20(39)37-27-13-12-22-16-29(42-4)34(43-5)35(44-6)31(22)24-17-25-26(19-30(41)36-14-15-38(2)3)32(21-10-8-7-9-11-21)45-33(25)28(40)18-23(24)27/h7-11,16-18,27H,12-15,19H2,1-6H3,(H,36,41)(H,37,39). The molecule has 10 nitrogen and oxygen atoms in total. The number of ether oxygens (including phenoxy) is 3. The summed E-state index contributed by atoms with van der Waals surface area (Å²) in [5.74, 6) is 1.40. The second kappa shape index (κ2) is 13.4. The van der Waals surface area contributed by atoms with Gasteiger partial charge in [0.05, 0.1) is 33.8 Å². The lowest BCUT2D eigenvalue weighted by molar-refractivity contribution is -0.121. The van der Waals surface area contributed by atoms with Gasteiger partial charge in [-0.1, -0.05) is 30.3 Å². The van der Waals surface area contributed by atoms with E-state index in [4.69, 9.17) is 18.6 Å². The Hall–Kier alpha value is -4.83. The van der Waals surface area contributed by atoms with Gasteiger partial charge in [0.15, 0.2) is 17.1 Å². The molecule has 1 aliphatic rings. The molecule has 236 valence electrons. The largest absolute Gasteiger partial charge is 0.493 e. The summed E-state index contributed by atoms with van der Waals surface area (Å²) in [5, 5.41) is 6.52. The van der Waals surface area contributed by atoms with E-state index in [2.05, 4.69) is 10.6 Å². The lowest BCUT2D eigenvalue weighted by Gasteiger charge is -2.20. The number of rotatable bonds is 10. The number of fused-ring (bicyclic) bond motifs is 4. The van der Waals surface area contributed by atoms with Gasteiger partial charge in [0.25, 0.3) is 0 Å². The monoisotopic (exact) mass is 613 g/mol. The number of carbonyl (C=O) groups is 2. The van der Waals surface area contributed by atoms with Crippen LogP contribution in [0.1, 0.15) is 36.1 Å². The third-order valence-electron chi connectivity index (χ3n) is 8.05. The Labute approximate surface area is 262 Å². The average Bonchev–Trinajstić information content (AvgIpc) is 3.21. The zero-order valence-corrected chi connectivity index (χ0v) is 26.5. The van der Waals surface area contributed by atoms with Gasteiger partial charge >= 0.3 is 0 Å². The molecule has 3 aromatic carbocycles. The first-order valence-corrected chi connectivity index (χ1v) is 14.9. The van der Waals surface area contributed by atoms with Crippen LogP contribution in [0, 0.1) is 0 Å². The fraction of sp³-hybridized carbons (Fsp3) is 0.343. The van der Waals surface area contributed by atoms with Crippen molar-refractivity contribution in [3.8, 4) is 39.7 Å². The Morgan fingerprint density at radius 2 is 1.73 bits per heavy atom. The van der Waals surface area contributed by atoms with Gasteiger partial charge in [0.1, 0.15) is 5.76 Å². The smallest absolute Gasteiger partial charge is 0.224 e. The van der Waals surface area contributed by atoms with Crippen LogP contribution in [-0.4, -0.2) is 65.2 Å². The molecule has 1 atom stereocenters. The molecule has 2 amide bonds. The van der Waals surface area contributed by atoms with Gasteiger partial charge in [-0.15, -0.1) is 0 Å². The van der Waals surface area contributed by atoms with Crippen LogP contribution in [0.4, 0.5) is 0 Å². The molecule has 0 spiro atoms. The summed E-state index contributed by atoms with van der Waals surface area (Å²) in [6.45, 7) is 2.61. The topological polar surface area (TPSA) is 119 Å². The Morgan fingerprint density at radius 3 is 2.38 bits per heavy atom. The number of methoxy groups -OCH3 is 3. The minimum absolute atomic E-state index is 0.00602. The quantitative estimate of drug-likeness (QED) is 0.269. The molecule has 0 saturated carbocycles. The molecule has 0 aliphatic heterocycles. The summed E-state index contributed by atoms with van der Waals surface area (Å²) >= 11 is 0. The van der Waals surface area contributed by atoms with Crippen molar-refractivity contribution in [2.24, 2.45) is 0 Å². The molecule has 1 aliphatic carbocycles. The van der Waals surface area contributed by atoms with E-state index in [9.17, 15) is 14.4 Å². The fourth-order valence-electron chi connectivity index (χ4n) is 6.02. The number of nitrogens with zero attached hydrogens (tertiary/aromatic N) is 1. The summed E-state index contributed by atoms with van der Waals surface area (Å²) in [5.41, 5.74) is 4.02. The average molecular weight is 614 g/mol. The van der Waals surface area contributed by atoms with E-state index in [0.29, 0.717) is 71.0 Å². The van der Waals surface area contributed by atoms with Crippen molar-refractivity contribution in [1.82, 2.24) is 15.5 Å². The first-order chi connectivity index (χ1) is 21.7. The molecule has 1 aromatic heterocycles. The van der Waals surface area contributed by atoms with E-state index in [1.54, 1.807) is 21.3 Å². The maximum absolute atomic E-state index is 14.0. The van der Waals surface area contributed by atoms with Crippen molar-refractivity contribution < 1.29 is 28.2 Å². The lowest BCUT2D eigenvalue weighted by Crippen LogP contribution is -2.32. The second-order valence-electron chi connectivity index (χ2n) is 11.3. The van der Waals surface area contributed by atoms with Crippen LogP contribution in [0.25, 0.3) is 33.4 Å². The molecular weight excluding hydrogens is 574 g/mol. The number of furan rings is 1. The highest BCUT2D eigenvalue weighted by molar-refractivity contribution is 5.96. The van der Waals surface area contributed by atoms with Crippen LogP contribution in [0.3, 0.4) is 0 Å². The Bertz CT molecular complexity index is 1800. The van der Waals surface area contributed by atoms with Crippen molar-refractivity contribution in [3.05, 3.63) is 75.4 Å². The summed E-state index contributed by atoms with van der Waals surface area (Å²) in [4.78, 5) is 41.7. The molecule has 0 radical (unpaired) electrons. The minimum atomic E-state index is -0.470. The number of aryl methyl sites for hydroxylation is 1.